The highest BCUT2D eigenvalue weighted by Gasteiger charge is 2.62. The molecule has 9 nitrogen and oxygen atoms in total. The number of sulfone groups is 1. The first-order valence-electron chi connectivity index (χ1n) is 8.31. The van der Waals surface area contributed by atoms with Crippen LogP contribution in [0.5, 0.6) is 6.01 Å². The Morgan fingerprint density at radius 1 is 1.31 bits per heavy atom. The second-order valence-corrected chi connectivity index (χ2v) is 9.25. The van der Waals surface area contributed by atoms with Crippen LogP contribution >= 0.6 is 0 Å². The lowest BCUT2D eigenvalue weighted by Crippen LogP contribution is -2.69. The Hall–Kier alpha value is -2.49. The molecule has 2 saturated heterocycles. The molecule has 1 amide bonds. The van der Waals surface area contributed by atoms with E-state index < -0.39 is 14.6 Å². The molecule has 0 N–H and O–H groups in total. The zero-order chi connectivity index (χ0) is 18.4. The molecule has 4 rings (SSSR count). The van der Waals surface area contributed by atoms with Gasteiger partial charge in [0.2, 0.25) is 0 Å². The van der Waals surface area contributed by atoms with Crippen LogP contribution in [0.2, 0.25) is 0 Å². The number of aromatic nitrogens is 4. The minimum absolute atomic E-state index is 0.113. The Bertz CT molecular complexity index is 921. The van der Waals surface area contributed by atoms with Crippen molar-refractivity contribution in [3.63, 3.8) is 0 Å². The molecule has 2 aliphatic heterocycles. The van der Waals surface area contributed by atoms with Crippen molar-refractivity contribution in [3.05, 3.63) is 36.7 Å². The summed E-state index contributed by atoms with van der Waals surface area (Å²) in [4.78, 5) is 26.1. The van der Waals surface area contributed by atoms with Gasteiger partial charge in [-0.3, -0.25) is 4.79 Å². The predicted octanol–water partition coefficient (Wildman–Crippen LogP) is -0.0816. The van der Waals surface area contributed by atoms with E-state index in [0.29, 0.717) is 12.1 Å². The second-order valence-electron chi connectivity index (χ2n) is 6.80. The fourth-order valence-corrected chi connectivity index (χ4v) is 6.07. The zero-order valence-corrected chi connectivity index (χ0v) is 15.1. The summed E-state index contributed by atoms with van der Waals surface area (Å²) in [5, 5.41) is 0. The van der Waals surface area contributed by atoms with E-state index in [1.165, 1.54) is 4.90 Å². The number of likely N-dealkylation sites (tertiary alicyclic amines) is 1. The maximum Gasteiger partial charge on any atom is 0.316 e. The Morgan fingerprint density at radius 3 is 2.69 bits per heavy atom. The first-order valence-corrected chi connectivity index (χ1v) is 9.96. The average Bonchev–Trinajstić information content (AvgIpc) is 3.13. The molecule has 2 aromatic rings. The molecular formula is C16H19N5O4S. The molecule has 0 aromatic carbocycles. The van der Waals surface area contributed by atoms with Gasteiger partial charge in [0.15, 0.2) is 9.84 Å². The fraction of sp³-hybridized carbons (Fsp3) is 0.500. The number of rotatable bonds is 4. The quantitative estimate of drug-likeness (QED) is 0.733. The van der Waals surface area contributed by atoms with Gasteiger partial charge in [-0.15, -0.1) is 0 Å². The summed E-state index contributed by atoms with van der Waals surface area (Å²) in [5.41, 5.74) is 0.322. The fourth-order valence-electron chi connectivity index (χ4n) is 3.67. The maximum atomic E-state index is 12.7. The van der Waals surface area contributed by atoms with Crippen molar-refractivity contribution in [1.82, 2.24) is 24.4 Å². The van der Waals surface area contributed by atoms with Crippen molar-refractivity contribution in [1.29, 1.82) is 0 Å². The highest BCUT2D eigenvalue weighted by molar-refractivity contribution is 7.93. The Balaban J connectivity index is 1.47. The summed E-state index contributed by atoms with van der Waals surface area (Å²) in [6, 6.07) is 1.91. The standard InChI is InChI=1S/C16H19N5O4S/c1-20-7-13(19-11-20)14(22)21-9-16(10-21)12(3-6-26(16,23)24)8-25-15-17-4-2-5-18-15/h2,4-5,7,11-12H,3,6,8-10H2,1H3/t12-/m0/s1. The largest absolute Gasteiger partial charge is 0.463 e. The molecule has 0 unspecified atom stereocenters. The minimum Gasteiger partial charge on any atom is -0.463 e. The molecule has 1 spiro atoms. The van der Waals surface area contributed by atoms with E-state index in [2.05, 4.69) is 15.0 Å². The van der Waals surface area contributed by atoms with Crippen molar-refractivity contribution in [2.75, 3.05) is 25.4 Å². The Morgan fingerprint density at radius 2 is 2.04 bits per heavy atom. The highest BCUT2D eigenvalue weighted by atomic mass is 32.2. The van der Waals surface area contributed by atoms with Crippen LogP contribution in [0.15, 0.2) is 31.0 Å². The average molecular weight is 377 g/mol. The van der Waals surface area contributed by atoms with Gasteiger partial charge in [-0.2, -0.15) is 0 Å². The van der Waals surface area contributed by atoms with Gasteiger partial charge in [0, 0.05) is 44.6 Å². The van der Waals surface area contributed by atoms with E-state index >= 15 is 0 Å². The molecule has 0 aliphatic carbocycles. The monoisotopic (exact) mass is 377 g/mol. The number of hydrogen-bond acceptors (Lipinski definition) is 7. The number of nitrogens with zero attached hydrogens (tertiary/aromatic N) is 5. The first kappa shape index (κ1) is 17.0. The van der Waals surface area contributed by atoms with E-state index in [1.807, 2.05) is 0 Å². The molecule has 4 heterocycles. The van der Waals surface area contributed by atoms with E-state index in [0.717, 1.165) is 0 Å². The van der Waals surface area contributed by atoms with Crippen LogP contribution in [0.25, 0.3) is 0 Å². The third-order valence-corrected chi connectivity index (χ3v) is 7.79. The summed E-state index contributed by atoms with van der Waals surface area (Å²) >= 11 is 0. The van der Waals surface area contributed by atoms with Crippen molar-refractivity contribution in [2.45, 2.75) is 11.2 Å². The molecular weight excluding hydrogens is 358 g/mol. The van der Waals surface area contributed by atoms with Gasteiger partial charge in [-0.25, -0.2) is 23.4 Å². The molecule has 10 heteroatoms. The van der Waals surface area contributed by atoms with Crippen LogP contribution in [-0.4, -0.2) is 68.9 Å². The number of amides is 1. The van der Waals surface area contributed by atoms with Crippen LogP contribution in [0.1, 0.15) is 16.9 Å². The van der Waals surface area contributed by atoms with E-state index in [4.69, 9.17) is 4.74 Å². The van der Waals surface area contributed by atoms with Gasteiger partial charge in [-0.05, 0) is 12.5 Å². The van der Waals surface area contributed by atoms with Crippen molar-refractivity contribution >= 4 is 15.7 Å². The van der Waals surface area contributed by atoms with Gasteiger partial charge >= 0.3 is 6.01 Å². The van der Waals surface area contributed by atoms with E-state index in [-0.39, 0.29) is 43.3 Å². The van der Waals surface area contributed by atoms with Crippen LogP contribution < -0.4 is 4.74 Å². The molecule has 2 aromatic heterocycles. The van der Waals surface area contributed by atoms with Gasteiger partial charge in [0.05, 0.1) is 18.7 Å². The van der Waals surface area contributed by atoms with Gasteiger partial charge in [0.25, 0.3) is 5.91 Å². The third kappa shape index (κ3) is 2.64. The SMILES string of the molecule is Cn1cnc(C(=O)N2CC3(C2)[C@H](COc2ncccn2)CCS3(=O)=O)c1. The predicted molar refractivity (Wildman–Crippen MR) is 91.3 cm³/mol. The van der Waals surface area contributed by atoms with Gasteiger partial charge < -0.3 is 14.2 Å². The van der Waals surface area contributed by atoms with Crippen LogP contribution in [0, 0.1) is 5.92 Å². The zero-order valence-electron chi connectivity index (χ0n) is 14.3. The molecule has 26 heavy (non-hydrogen) atoms. The highest BCUT2D eigenvalue weighted by Crippen LogP contribution is 2.45. The van der Waals surface area contributed by atoms with Crippen molar-refractivity contribution in [2.24, 2.45) is 13.0 Å². The maximum absolute atomic E-state index is 12.7. The summed E-state index contributed by atoms with van der Waals surface area (Å²) in [5.74, 6) is -0.323. The minimum atomic E-state index is -3.29. The van der Waals surface area contributed by atoms with E-state index in [9.17, 15) is 13.2 Å². The molecule has 2 aliphatic rings. The summed E-state index contributed by atoms with van der Waals surface area (Å²) in [7, 11) is -1.51. The van der Waals surface area contributed by atoms with Gasteiger partial charge in [0.1, 0.15) is 10.4 Å². The normalized spacial score (nSPS) is 23.0. The number of imidazole rings is 1. The molecule has 1 atom stereocenters. The first-order chi connectivity index (χ1) is 12.4. The number of ether oxygens (including phenoxy) is 1. The smallest absolute Gasteiger partial charge is 0.316 e. The number of aryl methyl sites for hydroxylation is 1. The molecule has 0 radical (unpaired) electrons. The Kier molecular flexibility index (Phi) is 3.94. The molecule has 0 saturated carbocycles. The molecule has 2 fully saturated rings. The summed E-state index contributed by atoms with van der Waals surface area (Å²) < 4.78 is 31.6. The number of carbonyl (C=O) groups excluding carboxylic acids is 1. The number of carbonyl (C=O) groups is 1. The van der Waals surface area contributed by atoms with Crippen molar-refractivity contribution in [3.8, 4) is 6.01 Å². The number of hydrogen-bond donors (Lipinski definition) is 0. The van der Waals surface area contributed by atoms with Crippen LogP contribution in [0.4, 0.5) is 0 Å². The van der Waals surface area contributed by atoms with E-state index in [1.54, 1.807) is 42.6 Å². The lowest BCUT2D eigenvalue weighted by Gasteiger charge is -2.49. The lowest BCUT2D eigenvalue weighted by atomic mass is 9.83. The third-order valence-electron chi connectivity index (χ3n) is 5.18. The van der Waals surface area contributed by atoms with Crippen molar-refractivity contribution < 1.29 is 17.9 Å². The lowest BCUT2D eigenvalue weighted by molar-refractivity contribution is 0.0398. The van der Waals surface area contributed by atoms with Gasteiger partial charge in [-0.1, -0.05) is 0 Å². The Labute approximate surface area is 150 Å². The second kappa shape index (κ2) is 6.04. The molecule has 138 valence electrons. The van der Waals surface area contributed by atoms with Crippen LogP contribution in [-0.2, 0) is 16.9 Å². The summed E-state index contributed by atoms with van der Waals surface area (Å²) in [6.45, 7) is 0.567. The van der Waals surface area contributed by atoms with Crippen LogP contribution in [0.3, 0.4) is 0 Å². The summed E-state index contributed by atoms with van der Waals surface area (Å²) in [6.07, 6.45) is 6.83. The molecule has 0 bridgehead atoms. The topological polar surface area (TPSA) is 107 Å².